The number of nitrogens with zero attached hydrogens (tertiary/aromatic N) is 1. The fraction of sp³-hybridized carbons (Fsp3) is 0.611. The third-order valence-corrected chi connectivity index (χ3v) is 4.99. The summed E-state index contributed by atoms with van der Waals surface area (Å²) in [6.07, 6.45) is 0.940. The second kappa shape index (κ2) is 10.3. The van der Waals surface area contributed by atoms with Crippen molar-refractivity contribution in [3.63, 3.8) is 0 Å². The summed E-state index contributed by atoms with van der Waals surface area (Å²) >= 11 is 0. The number of morpholine rings is 1. The molecule has 0 radical (unpaired) electrons. The van der Waals surface area contributed by atoms with Crippen molar-refractivity contribution < 1.29 is 9.53 Å². The summed E-state index contributed by atoms with van der Waals surface area (Å²) in [4.78, 5) is 14.9. The average molecular weight is 390 g/mol. The molecule has 0 saturated carbocycles. The van der Waals surface area contributed by atoms with Gasteiger partial charge in [0.2, 0.25) is 5.91 Å². The molecule has 25 heavy (non-hydrogen) atoms. The van der Waals surface area contributed by atoms with Gasteiger partial charge in [-0.25, -0.2) is 0 Å². The molecule has 1 amide bonds. The number of carbonyl (C=O) groups excluding carboxylic acids is 1. The molecule has 1 aromatic rings. The highest BCUT2D eigenvalue weighted by atomic mass is 35.5. The van der Waals surface area contributed by atoms with Crippen LogP contribution in [0.2, 0.25) is 0 Å². The minimum absolute atomic E-state index is 0. The highest BCUT2D eigenvalue weighted by molar-refractivity contribution is 5.85. The van der Waals surface area contributed by atoms with Crippen LogP contribution in [-0.4, -0.2) is 55.2 Å². The number of carbonyl (C=O) groups is 1. The monoisotopic (exact) mass is 389 g/mol. The normalized spacial score (nSPS) is 27.7. The molecule has 2 aliphatic rings. The van der Waals surface area contributed by atoms with Crippen LogP contribution in [0.4, 0.5) is 0 Å². The van der Waals surface area contributed by atoms with E-state index in [0.29, 0.717) is 12.6 Å². The number of hydrogen-bond acceptors (Lipinski definition) is 4. The molecule has 2 fully saturated rings. The first-order chi connectivity index (χ1) is 11.1. The predicted octanol–water partition coefficient (Wildman–Crippen LogP) is 2.16. The smallest absolute Gasteiger partial charge is 0.240 e. The Labute approximate surface area is 162 Å². The summed E-state index contributed by atoms with van der Waals surface area (Å²) in [5.74, 6) is 0.0661. The van der Waals surface area contributed by atoms with E-state index in [-0.39, 0.29) is 48.9 Å². The van der Waals surface area contributed by atoms with Gasteiger partial charge in [0.1, 0.15) is 6.04 Å². The molecule has 7 heteroatoms. The predicted molar refractivity (Wildman–Crippen MR) is 105 cm³/mol. The Bertz CT molecular complexity index is 532. The van der Waals surface area contributed by atoms with Gasteiger partial charge in [-0.05, 0) is 25.8 Å². The van der Waals surface area contributed by atoms with Crippen LogP contribution in [0.25, 0.3) is 0 Å². The van der Waals surface area contributed by atoms with E-state index in [1.165, 1.54) is 5.56 Å². The van der Waals surface area contributed by atoms with E-state index >= 15 is 0 Å². The fourth-order valence-electron chi connectivity index (χ4n) is 3.52. The molecule has 2 heterocycles. The van der Waals surface area contributed by atoms with E-state index in [1.54, 1.807) is 0 Å². The number of likely N-dealkylation sites (tertiary alicyclic amines) is 1. The SMILES string of the molecule is CC(c1ccccc1)N1CCC(NC(=O)[C@H]2NCCO[C@@H]2C)C1.Cl.Cl. The Morgan fingerprint density at radius 3 is 2.72 bits per heavy atom. The molecule has 5 nitrogen and oxygen atoms in total. The standard InChI is InChI=1S/C18H27N3O2.2ClH/c1-13(15-6-4-3-5-7-15)21-10-8-16(12-21)20-18(22)17-14(2)23-11-9-19-17;;/h3-7,13-14,16-17,19H,8-12H2,1-2H3,(H,20,22);2*1H/t13?,14-,16?,17+;;/m1../s1. The van der Waals surface area contributed by atoms with Crippen molar-refractivity contribution in [3.8, 4) is 0 Å². The van der Waals surface area contributed by atoms with Crippen LogP contribution in [0, 0.1) is 0 Å². The summed E-state index contributed by atoms with van der Waals surface area (Å²) in [6.45, 7) is 7.53. The maximum Gasteiger partial charge on any atom is 0.240 e. The number of halogens is 2. The zero-order valence-electron chi connectivity index (χ0n) is 14.8. The van der Waals surface area contributed by atoms with Gasteiger partial charge in [-0.1, -0.05) is 30.3 Å². The van der Waals surface area contributed by atoms with Crippen LogP contribution < -0.4 is 10.6 Å². The van der Waals surface area contributed by atoms with Crippen molar-refractivity contribution in [2.45, 2.75) is 44.5 Å². The van der Waals surface area contributed by atoms with Crippen molar-refractivity contribution >= 4 is 30.7 Å². The van der Waals surface area contributed by atoms with Crippen molar-refractivity contribution in [1.82, 2.24) is 15.5 Å². The van der Waals surface area contributed by atoms with E-state index in [4.69, 9.17) is 4.74 Å². The quantitative estimate of drug-likeness (QED) is 0.828. The van der Waals surface area contributed by atoms with E-state index in [2.05, 4.69) is 46.7 Å². The summed E-state index contributed by atoms with van der Waals surface area (Å²) in [6, 6.07) is 10.9. The summed E-state index contributed by atoms with van der Waals surface area (Å²) in [5, 5.41) is 6.44. The fourth-order valence-corrected chi connectivity index (χ4v) is 3.52. The summed E-state index contributed by atoms with van der Waals surface area (Å²) in [5.41, 5.74) is 1.33. The van der Waals surface area contributed by atoms with Gasteiger partial charge in [0.05, 0.1) is 12.7 Å². The first-order valence-corrected chi connectivity index (χ1v) is 8.59. The van der Waals surface area contributed by atoms with Gasteiger partial charge in [-0.2, -0.15) is 0 Å². The van der Waals surface area contributed by atoms with Crippen LogP contribution in [0.5, 0.6) is 0 Å². The second-order valence-electron chi connectivity index (χ2n) is 6.58. The van der Waals surface area contributed by atoms with Crippen molar-refractivity contribution in [1.29, 1.82) is 0 Å². The topological polar surface area (TPSA) is 53.6 Å². The van der Waals surface area contributed by atoms with Gasteiger partial charge >= 0.3 is 0 Å². The van der Waals surface area contributed by atoms with Crippen molar-refractivity contribution in [2.75, 3.05) is 26.2 Å². The van der Waals surface area contributed by atoms with Crippen LogP contribution in [0.3, 0.4) is 0 Å². The van der Waals surface area contributed by atoms with Crippen molar-refractivity contribution in [2.24, 2.45) is 0 Å². The van der Waals surface area contributed by atoms with Gasteiger partial charge in [0.25, 0.3) is 0 Å². The van der Waals surface area contributed by atoms with Crippen LogP contribution in [0.15, 0.2) is 30.3 Å². The van der Waals surface area contributed by atoms with Gasteiger partial charge in [-0.15, -0.1) is 24.8 Å². The molecule has 142 valence electrons. The number of ether oxygens (including phenoxy) is 1. The van der Waals surface area contributed by atoms with E-state index < -0.39 is 0 Å². The molecule has 0 aromatic heterocycles. The molecule has 3 rings (SSSR count). The Balaban J connectivity index is 0.00000156. The number of hydrogen-bond donors (Lipinski definition) is 2. The minimum Gasteiger partial charge on any atom is -0.375 e. The lowest BCUT2D eigenvalue weighted by atomic mass is 10.1. The van der Waals surface area contributed by atoms with E-state index in [9.17, 15) is 4.79 Å². The Morgan fingerprint density at radius 2 is 2.04 bits per heavy atom. The lowest BCUT2D eigenvalue weighted by Gasteiger charge is -2.30. The molecular weight excluding hydrogens is 361 g/mol. The highest BCUT2D eigenvalue weighted by Gasteiger charge is 2.32. The Morgan fingerprint density at radius 1 is 1.32 bits per heavy atom. The number of benzene rings is 1. The Hall–Kier alpha value is -0.850. The molecule has 0 bridgehead atoms. The van der Waals surface area contributed by atoms with Crippen LogP contribution in [-0.2, 0) is 9.53 Å². The molecule has 4 atom stereocenters. The first kappa shape index (κ1) is 22.2. The molecule has 1 aromatic carbocycles. The lowest BCUT2D eigenvalue weighted by Crippen LogP contribution is -2.57. The molecule has 2 N–H and O–H groups in total. The summed E-state index contributed by atoms with van der Waals surface area (Å²) in [7, 11) is 0. The third kappa shape index (κ3) is 5.56. The van der Waals surface area contributed by atoms with E-state index in [1.807, 2.05) is 13.0 Å². The molecule has 2 unspecified atom stereocenters. The van der Waals surface area contributed by atoms with Crippen molar-refractivity contribution in [3.05, 3.63) is 35.9 Å². The molecular formula is C18H29Cl2N3O2. The molecule has 2 aliphatic heterocycles. The number of rotatable bonds is 4. The zero-order valence-corrected chi connectivity index (χ0v) is 16.4. The molecule has 2 saturated heterocycles. The van der Waals surface area contributed by atoms with Gasteiger partial charge in [0, 0.05) is 31.7 Å². The van der Waals surface area contributed by atoms with Gasteiger partial charge in [0.15, 0.2) is 0 Å². The Kier molecular flexibility index (Phi) is 9.17. The minimum atomic E-state index is -0.232. The average Bonchev–Trinajstić information content (AvgIpc) is 3.03. The summed E-state index contributed by atoms with van der Waals surface area (Å²) < 4.78 is 5.56. The van der Waals surface area contributed by atoms with Gasteiger partial charge in [-0.3, -0.25) is 9.69 Å². The largest absolute Gasteiger partial charge is 0.375 e. The number of amides is 1. The van der Waals surface area contributed by atoms with E-state index in [0.717, 1.165) is 26.1 Å². The zero-order chi connectivity index (χ0) is 16.2. The number of nitrogens with one attached hydrogen (secondary N) is 2. The van der Waals surface area contributed by atoms with Crippen LogP contribution in [0.1, 0.15) is 31.9 Å². The first-order valence-electron chi connectivity index (χ1n) is 8.59. The highest BCUT2D eigenvalue weighted by Crippen LogP contribution is 2.24. The van der Waals surface area contributed by atoms with Crippen LogP contribution >= 0.6 is 24.8 Å². The lowest BCUT2D eigenvalue weighted by molar-refractivity contribution is -0.129. The maximum absolute atomic E-state index is 12.4. The third-order valence-electron chi connectivity index (χ3n) is 4.99. The molecule has 0 aliphatic carbocycles. The second-order valence-corrected chi connectivity index (χ2v) is 6.58. The van der Waals surface area contributed by atoms with Gasteiger partial charge < -0.3 is 15.4 Å². The molecule has 0 spiro atoms. The maximum atomic E-state index is 12.4.